The van der Waals surface area contributed by atoms with Gasteiger partial charge in [0, 0.05) is 44.8 Å². The molecule has 0 saturated carbocycles. The predicted octanol–water partition coefficient (Wildman–Crippen LogP) is 3.44. The third-order valence-corrected chi connectivity index (χ3v) is 6.43. The van der Waals surface area contributed by atoms with Gasteiger partial charge in [-0.15, -0.1) is 0 Å². The topological polar surface area (TPSA) is 38.8 Å². The molecule has 28 heavy (non-hydrogen) atoms. The van der Waals surface area contributed by atoms with E-state index in [-0.39, 0.29) is 17.6 Å². The Morgan fingerprint density at radius 1 is 1.07 bits per heavy atom. The van der Waals surface area contributed by atoms with E-state index >= 15 is 0 Å². The van der Waals surface area contributed by atoms with Gasteiger partial charge < -0.3 is 15.1 Å². The molecule has 3 atom stereocenters. The van der Waals surface area contributed by atoms with Crippen LogP contribution in [0.4, 0.5) is 4.79 Å². The molecular weight excluding hydrogens is 348 g/mol. The maximum Gasteiger partial charge on any atom is 0.318 e. The summed E-state index contributed by atoms with van der Waals surface area (Å²) in [4.78, 5) is 20.0. The summed E-state index contributed by atoms with van der Waals surface area (Å²) in [5.41, 5.74) is 1.18. The predicted molar refractivity (Wildman–Crippen MR) is 115 cm³/mol. The molecule has 5 heteroatoms. The average molecular weight is 387 g/mol. The van der Waals surface area contributed by atoms with Gasteiger partial charge in [-0.1, -0.05) is 44.2 Å². The largest absolute Gasteiger partial charge is 0.336 e. The van der Waals surface area contributed by atoms with Crippen LogP contribution in [0.1, 0.15) is 45.7 Å². The molecule has 2 aliphatic rings. The van der Waals surface area contributed by atoms with E-state index in [1.807, 2.05) is 11.0 Å². The Hall–Kier alpha value is -1.59. The number of rotatable bonds is 4. The number of nitrogens with zero attached hydrogens (tertiary/aromatic N) is 3. The summed E-state index contributed by atoms with van der Waals surface area (Å²) >= 11 is 0. The Kier molecular flexibility index (Phi) is 6.66. The molecule has 3 rings (SSSR count). The normalized spacial score (nSPS) is 27.6. The van der Waals surface area contributed by atoms with Gasteiger partial charge in [-0.3, -0.25) is 4.90 Å². The summed E-state index contributed by atoms with van der Waals surface area (Å²) < 4.78 is 0. The van der Waals surface area contributed by atoms with E-state index < -0.39 is 0 Å². The second kappa shape index (κ2) is 8.83. The van der Waals surface area contributed by atoms with E-state index in [2.05, 4.69) is 74.1 Å². The van der Waals surface area contributed by atoms with Crippen molar-refractivity contribution in [3.63, 3.8) is 0 Å². The van der Waals surface area contributed by atoms with Crippen LogP contribution in [-0.2, 0) is 0 Å². The van der Waals surface area contributed by atoms with Gasteiger partial charge in [0.25, 0.3) is 0 Å². The first-order chi connectivity index (χ1) is 13.3. The molecule has 156 valence electrons. The lowest BCUT2D eigenvalue weighted by Crippen LogP contribution is -2.58. The Labute approximate surface area is 171 Å². The lowest BCUT2D eigenvalue weighted by atomic mass is 9.88. The highest BCUT2D eigenvalue weighted by molar-refractivity contribution is 5.75. The van der Waals surface area contributed by atoms with Crippen molar-refractivity contribution in [2.24, 2.45) is 11.8 Å². The summed E-state index contributed by atoms with van der Waals surface area (Å²) in [5, 5.41) is 3.26. The second-order valence-corrected chi connectivity index (χ2v) is 9.70. The van der Waals surface area contributed by atoms with E-state index in [1.54, 1.807) is 0 Å². The van der Waals surface area contributed by atoms with Crippen LogP contribution in [0.3, 0.4) is 0 Å². The molecule has 1 aromatic rings. The third-order valence-electron chi connectivity index (χ3n) is 6.43. The zero-order valence-corrected chi connectivity index (χ0v) is 18.3. The minimum Gasteiger partial charge on any atom is -0.336 e. The first-order valence-corrected chi connectivity index (χ1v) is 10.8. The maximum atomic E-state index is 13.1. The number of carbonyl (C=O) groups is 1. The highest BCUT2D eigenvalue weighted by Gasteiger charge is 2.35. The van der Waals surface area contributed by atoms with Crippen LogP contribution < -0.4 is 5.32 Å². The minimum atomic E-state index is -0.0343. The number of carbonyl (C=O) groups excluding carboxylic acids is 1. The van der Waals surface area contributed by atoms with Crippen molar-refractivity contribution < 1.29 is 4.79 Å². The number of nitrogens with one attached hydrogen (secondary N) is 1. The number of piperidine rings is 1. The van der Waals surface area contributed by atoms with E-state index in [0.29, 0.717) is 6.54 Å². The summed E-state index contributed by atoms with van der Waals surface area (Å²) in [6.07, 6.45) is 1.30. The smallest absolute Gasteiger partial charge is 0.318 e. The number of amides is 2. The van der Waals surface area contributed by atoms with Crippen LogP contribution in [0, 0.1) is 11.8 Å². The molecule has 2 heterocycles. The molecule has 2 fully saturated rings. The average Bonchev–Trinajstić information content (AvgIpc) is 2.66. The molecule has 0 radical (unpaired) electrons. The lowest BCUT2D eigenvalue weighted by Gasteiger charge is -2.46. The fourth-order valence-electron chi connectivity index (χ4n) is 4.79. The molecule has 0 spiro atoms. The first-order valence-electron chi connectivity index (χ1n) is 10.8. The molecule has 0 aliphatic carbocycles. The van der Waals surface area contributed by atoms with Crippen LogP contribution in [0.15, 0.2) is 30.3 Å². The summed E-state index contributed by atoms with van der Waals surface area (Å²) in [6.45, 7) is 14.7. The molecule has 3 unspecified atom stereocenters. The zero-order chi connectivity index (χ0) is 20.3. The molecule has 1 aromatic carbocycles. The molecule has 2 aliphatic heterocycles. The molecule has 0 aromatic heterocycles. The number of hydrogen-bond donors (Lipinski definition) is 1. The van der Waals surface area contributed by atoms with Crippen molar-refractivity contribution in [2.45, 2.75) is 45.7 Å². The van der Waals surface area contributed by atoms with Crippen LogP contribution in [0.5, 0.6) is 0 Å². The Morgan fingerprint density at radius 3 is 2.36 bits per heavy atom. The van der Waals surface area contributed by atoms with Crippen molar-refractivity contribution in [3.8, 4) is 0 Å². The quantitative estimate of drug-likeness (QED) is 0.861. The summed E-state index contributed by atoms with van der Waals surface area (Å²) in [7, 11) is 2.13. The standard InChI is InChI=1S/C23H38N4O/c1-18-13-19(2)15-26(14-18)23(3,4)17-24-22(28)27-12-11-25(5)16-21(27)20-9-7-6-8-10-20/h6-10,18-19,21H,11-17H2,1-5H3,(H,24,28). The Morgan fingerprint density at radius 2 is 1.71 bits per heavy atom. The monoisotopic (exact) mass is 386 g/mol. The molecule has 0 bridgehead atoms. The van der Waals surface area contributed by atoms with Crippen LogP contribution in [0.2, 0.25) is 0 Å². The zero-order valence-electron chi connectivity index (χ0n) is 18.3. The van der Waals surface area contributed by atoms with Gasteiger partial charge >= 0.3 is 6.03 Å². The van der Waals surface area contributed by atoms with Crippen LogP contribution in [0.25, 0.3) is 0 Å². The van der Waals surface area contributed by atoms with E-state index in [1.165, 1.54) is 12.0 Å². The van der Waals surface area contributed by atoms with Crippen molar-refractivity contribution >= 4 is 6.03 Å². The number of hydrogen-bond acceptors (Lipinski definition) is 3. The lowest BCUT2D eigenvalue weighted by molar-refractivity contribution is 0.0446. The van der Waals surface area contributed by atoms with Gasteiger partial charge in [-0.25, -0.2) is 4.79 Å². The summed E-state index contributed by atoms with van der Waals surface area (Å²) in [6, 6.07) is 10.6. The molecule has 2 saturated heterocycles. The second-order valence-electron chi connectivity index (χ2n) is 9.70. The molecule has 2 amide bonds. The molecule has 5 nitrogen and oxygen atoms in total. The highest BCUT2D eigenvalue weighted by Crippen LogP contribution is 2.28. The Bertz CT molecular complexity index is 637. The Balaban J connectivity index is 1.64. The van der Waals surface area contributed by atoms with E-state index in [9.17, 15) is 4.79 Å². The van der Waals surface area contributed by atoms with Gasteiger partial charge in [-0.2, -0.15) is 0 Å². The summed E-state index contributed by atoms with van der Waals surface area (Å²) in [5.74, 6) is 1.44. The number of benzene rings is 1. The SMILES string of the molecule is CC1CC(C)CN(C(C)(C)CNC(=O)N2CCN(C)CC2c2ccccc2)C1. The first kappa shape index (κ1) is 21.1. The van der Waals surface area contributed by atoms with Crippen molar-refractivity contribution in [3.05, 3.63) is 35.9 Å². The number of likely N-dealkylation sites (tertiary alicyclic amines) is 1. The van der Waals surface area contributed by atoms with Crippen molar-refractivity contribution in [1.29, 1.82) is 0 Å². The van der Waals surface area contributed by atoms with Crippen LogP contribution in [-0.4, -0.2) is 72.6 Å². The van der Waals surface area contributed by atoms with Crippen molar-refractivity contribution in [2.75, 3.05) is 46.3 Å². The number of piperazine rings is 1. The van der Waals surface area contributed by atoms with E-state index in [4.69, 9.17) is 0 Å². The van der Waals surface area contributed by atoms with Crippen molar-refractivity contribution in [1.82, 2.24) is 20.0 Å². The molecule has 1 N–H and O–H groups in total. The molecular formula is C23H38N4O. The van der Waals surface area contributed by atoms with E-state index in [0.717, 1.165) is 44.6 Å². The van der Waals surface area contributed by atoms with Gasteiger partial charge in [0.1, 0.15) is 0 Å². The van der Waals surface area contributed by atoms with Gasteiger partial charge in [-0.05, 0) is 44.7 Å². The fourth-order valence-corrected chi connectivity index (χ4v) is 4.79. The number of likely N-dealkylation sites (N-methyl/N-ethyl adjacent to an activating group) is 1. The van der Waals surface area contributed by atoms with Crippen LogP contribution >= 0.6 is 0 Å². The van der Waals surface area contributed by atoms with Gasteiger partial charge in [0.2, 0.25) is 0 Å². The minimum absolute atomic E-state index is 0.0343. The third kappa shape index (κ3) is 5.06. The fraction of sp³-hybridized carbons (Fsp3) is 0.696. The maximum absolute atomic E-state index is 13.1. The number of urea groups is 1. The van der Waals surface area contributed by atoms with Gasteiger partial charge in [0.05, 0.1) is 6.04 Å². The highest BCUT2D eigenvalue weighted by atomic mass is 16.2. The van der Waals surface area contributed by atoms with Gasteiger partial charge in [0.15, 0.2) is 0 Å².